The number of halogens is 1. The highest BCUT2D eigenvalue weighted by Crippen LogP contribution is 2.30. The second-order valence-corrected chi connectivity index (χ2v) is 7.25. The topological polar surface area (TPSA) is 32.5 Å². The zero-order chi connectivity index (χ0) is 17.2. The molecule has 1 N–H and O–H groups in total. The Labute approximate surface area is 149 Å². The van der Waals surface area contributed by atoms with Gasteiger partial charge < -0.3 is 9.84 Å². The van der Waals surface area contributed by atoms with E-state index in [0.29, 0.717) is 38.6 Å². The lowest BCUT2D eigenvalue weighted by atomic mass is 10.0. The van der Waals surface area contributed by atoms with Crippen LogP contribution >= 0.6 is 11.3 Å². The monoisotopic (exact) mass is 356 g/mol. The van der Waals surface area contributed by atoms with E-state index in [-0.39, 0.29) is 5.82 Å². The number of aliphatic hydroxyl groups excluding tert-OH is 1. The molecule has 3 aromatic rings. The maximum Gasteiger partial charge on any atom is 0.377 e. The van der Waals surface area contributed by atoms with Crippen molar-refractivity contribution in [3.63, 3.8) is 0 Å². The van der Waals surface area contributed by atoms with Gasteiger partial charge in [-0.25, -0.2) is 4.39 Å². The predicted octanol–water partition coefficient (Wildman–Crippen LogP) is 3.98. The molecule has 1 fully saturated rings. The molecule has 0 saturated carbocycles. The number of hydrogen-bond donors (Lipinski definition) is 1. The zero-order valence-corrected chi connectivity index (χ0v) is 14.6. The van der Waals surface area contributed by atoms with Gasteiger partial charge in [0.1, 0.15) is 23.9 Å². The van der Waals surface area contributed by atoms with Gasteiger partial charge in [0.25, 0.3) is 0 Å². The molecule has 0 aliphatic carbocycles. The van der Waals surface area contributed by atoms with Gasteiger partial charge in [0, 0.05) is 4.70 Å². The molecule has 2 aromatic carbocycles. The van der Waals surface area contributed by atoms with Crippen molar-refractivity contribution in [1.82, 2.24) is 0 Å². The zero-order valence-electron chi connectivity index (χ0n) is 13.7. The van der Waals surface area contributed by atoms with E-state index in [9.17, 15) is 9.50 Å². The highest BCUT2D eigenvalue weighted by molar-refractivity contribution is 7.20. The third-order valence-corrected chi connectivity index (χ3v) is 5.56. The lowest BCUT2D eigenvalue weighted by molar-refractivity contribution is -0.555. The van der Waals surface area contributed by atoms with Gasteiger partial charge in [0.2, 0.25) is 0 Å². The van der Waals surface area contributed by atoms with Crippen LogP contribution in [0.5, 0.6) is 0 Å². The summed E-state index contributed by atoms with van der Waals surface area (Å²) in [5.74, 6) is 0.107. The molecule has 1 saturated heterocycles. The van der Waals surface area contributed by atoms with E-state index < -0.39 is 0 Å². The van der Waals surface area contributed by atoms with Crippen LogP contribution < -0.4 is 0 Å². The minimum atomic E-state index is -0.214. The van der Waals surface area contributed by atoms with Crippen LogP contribution in [0.1, 0.15) is 16.0 Å². The van der Waals surface area contributed by atoms with Crippen molar-refractivity contribution in [1.29, 1.82) is 0 Å². The molecule has 1 aliphatic heterocycles. The number of ether oxygens (including phenoxy) is 1. The van der Waals surface area contributed by atoms with Gasteiger partial charge in [0.15, 0.2) is 13.1 Å². The third-order valence-electron chi connectivity index (χ3n) is 4.47. The Morgan fingerprint density at radius 2 is 1.92 bits per heavy atom. The molecular weight excluding hydrogens is 337 g/mol. The van der Waals surface area contributed by atoms with Crippen molar-refractivity contribution >= 4 is 27.3 Å². The Balaban J connectivity index is 1.71. The second-order valence-electron chi connectivity index (χ2n) is 6.17. The molecule has 3 nitrogen and oxygen atoms in total. The molecule has 0 atom stereocenters. The number of nitrogens with zero attached hydrogens (tertiary/aromatic N) is 1. The molecule has 0 radical (unpaired) electrons. The molecule has 0 spiro atoms. The first-order valence-corrected chi connectivity index (χ1v) is 9.17. The van der Waals surface area contributed by atoms with Gasteiger partial charge in [-0.15, -0.1) is 11.3 Å². The van der Waals surface area contributed by atoms with Crippen LogP contribution in [0.25, 0.3) is 10.1 Å². The van der Waals surface area contributed by atoms with Crippen LogP contribution in [-0.4, -0.2) is 41.9 Å². The largest absolute Gasteiger partial charge is 0.459 e. The van der Waals surface area contributed by atoms with Gasteiger partial charge in [0.05, 0.1) is 0 Å². The van der Waals surface area contributed by atoms with E-state index in [1.807, 2.05) is 22.8 Å². The van der Waals surface area contributed by atoms with E-state index in [2.05, 4.69) is 12.1 Å². The molecule has 0 unspecified atom stereocenters. The summed E-state index contributed by atoms with van der Waals surface area (Å²) in [5.41, 5.74) is 2.09. The van der Waals surface area contributed by atoms with Crippen LogP contribution in [0.3, 0.4) is 0 Å². The van der Waals surface area contributed by atoms with Gasteiger partial charge in [-0.3, -0.25) is 0 Å². The minimum absolute atomic E-state index is 0.214. The number of morpholine rings is 1. The number of thiophene rings is 1. The highest BCUT2D eigenvalue weighted by atomic mass is 32.1. The number of benzene rings is 2. The third kappa shape index (κ3) is 3.43. The smallest absolute Gasteiger partial charge is 0.377 e. The van der Waals surface area contributed by atoms with E-state index in [1.54, 1.807) is 23.5 Å². The number of hydrogen-bond acceptors (Lipinski definition) is 2. The Morgan fingerprint density at radius 3 is 2.72 bits per heavy atom. The molecular formula is C20H19FNO2S+. The average molecular weight is 356 g/mol. The fourth-order valence-corrected chi connectivity index (χ4v) is 4.26. The van der Waals surface area contributed by atoms with E-state index in [1.165, 1.54) is 6.07 Å². The van der Waals surface area contributed by atoms with Gasteiger partial charge in [-0.05, 0) is 47.2 Å². The van der Waals surface area contributed by atoms with E-state index in [4.69, 9.17) is 4.74 Å². The lowest BCUT2D eigenvalue weighted by Gasteiger charge is -2.11. The van der Waals surface area contributed by atoms with Gasteiger partial charge in [-0.1, -0.05) is 24.3 Å². The van der Waals surface area contributed by atoms with Crippen LogP contribution in [-0.2, 0) is 11.2 Å². The number of rotatable bonds is 3. The number of fused-ring (bicyclic) bond motifs is 1. The first-order valence-electron chi connectivity index (χ1n) is 8.35. The molecule has 4 rings (SSSR count). The van der Waals surface area contributed by atoms with Gasteiger partial charge >= 0.3 is 5.90 Å². The van der Waals surface area contributed by atoms with Crippen molar-refractivity contribution in [2.24, 2.45) is 0 Å². The first-order chi connectivity index (χ1) is 12.2. The van der Waals surface area contributed by atoms with E-state index in [0.717, 1.165) is 26.1 Å². The lowest BCUT2D eigenvalue weighted by Crippen LogP contribution is -2.33. The maximum absolute atomic E-state index is 13.4. The van der Waals surface area contributed by atoms with Crippen molar-refractivity contribution in [2.45, 2.75) is 6.42 Å². The standard InChI is InChI=1S/C20H18FNO2S/c21-16-5-1-3-14(12-16)11-15-4-2-6-18-17(15)13-19(25-18)20(23)22-7-9-24-10-8-22/h1-6,12-13H,7-11H2/p+1. The fourth-order valence-electron chi connectivity index (χ4n) is 3.18. The number of aliphatic hydroxyl groups is 1. The minimum Gasteiger partial charge on any atom is -0.459 e. The molecule has 2 heterocycles. The van der Waals surface area contributed by atoms with Crippen LogP contribution in [0.2, 0.25) is 0 Å². The summed E-state index contributed by atoms with van der Waals surface area (Å²) in [6.07, 6.45) is 0.670. The molecule has 0 amide bonds. The Bertz CT molecular complexity index is 940. The summed E-state index contributed by atoms with van der Waals surface area (Å²) in [6.45, 7) is 2.69. The maximum atomic E-state index is 13.4. The summed E-state index contributed by atoms with van der Waals surface area (Å²) in [7, 11) is 0. The SMILES string of the molecule is OC(c1cc2c(Cc3cccc(F)c3)cccc2s1)=[N+]1CCOCC1. The van der Waals surface area contributed by atoms with Crippen LogP contribution in [0.4, 0.5) is 4.39 Å². The molecule has 1 aliphatic rings. The Morgan fingerprint density at radius 1 is 1.12 bits per heavy atom. The second kappa shape index (κ2) is 6.94. The summed E-state index contributed by atoms with van der Waals surface area (Å²) < 4.78 is 21.9. The molecule has 128 valence electrons. The summed E-state index contributed by atoms with van der Waals surface area (Å²) >= 11 is 1.58. The molecule has 25 heavy (non-hydrogen) atoms. The predicted molar refractivity (Wildman–Crippen MR) is 98.6 cm³/mol. The normalized spacial score (nSPS) is 14.8. The van der Waals surface area contributed by atoms with Gasteiger partial charge in [-0.2, -0.15) is 4.58 Å². The molecule has 5 heteroatoms. The van der Waals surface area contributed by atoms with E-state index >= 15 is 0 Å². The van der Waals surface area contributed by atoms with Crippen LogP contribution in [0.15, 0.2) is 48.5 Å². The summed E-state index contributed by atoms with van der Waals surface area (Å²) in [6, 6.07) is 14.9. The Hall–Kier alpha value is -2.24. The highest BCUT2D eigenvalue weighted by Gasteiger charge is 2.21. The quantitative estimate of drug-likeness (QED) is 0.569. The summed E-state index contributed by atoms with van der Waals surface area (Å²) in [4.78, 5) is 0.864. The molecule has 0 bridgehead atoms. The van der Waals surface area contributed by atoms with Crippen molar-refractivity contribution in [3.8, 4) is 0 Å². The van der Waals surface area contributed by atoms with Crippen LogP contribution in [0, 0.1) is 5.82 Å². The van der Waals surface area contributed by atoms with Crippen molar-refractivity contribution < 1.29 is 18.8 Å². The summed E-state index contributed by atoms with van der Waals surface area (Å²) in [5, 5.41) is 11.7. The molecule has 1 aromatic heterocycles. The van der Waals surface area contributed by atoms with Crippen molar-refractivity contribution in [3.05, 3.63) is 70.4 Å². The fraction of sp³-hybridized carbons (Fsp3) is 0.250. The Kier molecular flexibility index (Phi) is 4.51. The van der Waals surface area contributed by atoms with Crippen molar-refractivity contribution in [2.75, 3.05) is 26.3 Å². The average Bonchev–Trinajstić information content (AvgIpc) is 3.07. The first kappa shape index (κ1) is 16.2.